The van der Waals surface area contributed by atoms with Crippen LogP contribution < -0.4 is 5.73 Å². The molecule has 0 amide bonds. The lowest BCUT2D eigenvalue weighted by Crippen LogP contribution is -2.17. The number of benzene rings is 1. The van der Waals surface area contributed by atoms with Crippen LogP contribution in [0.4, 0.5) is 8.78 Å². The molecule has 72 valence electrons. The average molecular weight is 187 g/mol. The van der Waals surface area contributed by atoms with Crippen molar-refractivity contribution in [3.63, 3.8) is 0 Å². The number of ether oxygens (including phenoxy) is 1. The molecule has 0 saturated carbocycles. The maximum absolute atomic E-state index is 13.1. The first-order valence-electron chi connectivity index (χ1n) is 3.87. The lowest BCUT2D eigenvalue weighted by atomic mass is 10.1. The van der Waals surface area contributed by atoms with Gasteiger partial charge in [0.25, 0.3) is 0 Å². The zero-order valence-corrected chi connectivity index (χ0v) is 7.26. The van der Waals surface area contributed by atoms with Gasteiger partial charge in [0.1, 0.15) is 11.6 Å². The second kappa shape index (κ2) is 4.30. The van der Waals surface area contributed by atoms with Crippen molar-refractivity contribution in [3.05, 3.63) is 35.4 Å². The number of rotatable bonds is 3. The molecule has 0 saturated heterocycles. The highest BCUT2D eigenvalue weighted by molar-refractivity contribution is 5.22. The maximum atomic E-state index is 13.1. The van der Waals surface area contributed by atoms with Crippen LogP contribution in [0.15, 0.2) is 18.2 Å². The van der Waals surface area contributed by atoms with Crippen LogP contribution in [-0.2, 0) is 4.74 Å². The number of methoxy groups -OCH3 is 1. The number of nitrogens with two attached hydrogens (primary N) is 1. The molecule has 2 N–H and O–H groups in total. The molecule has 4 heteroatoms. The second-order valence-corrected chi connectivity index (χ2v) is 2.60. The summed E-state index contributed by atoms with van der Waals surface area (Å²) >= 11 is 0. The third-order valence-corrected chi connectivity index (χ3v) is 1.82. The average Bonchev–Trinajstić information content (AvgIpc) is 2.11. The van der Waals surface area contributed by atoms with Crippen LogP contribution in [0.1, 0.15) is 11.7 Å². The van der Waals surface area contributed by atoms with Gasteiger partial charge in [0.2, 0.25) is 0 Å². The quantitative estimate of drug-likeness (QED) is 0.780. The molecule has 0 aromatic heterocycles. The molecular weight excluding hydrogens is 176 g/mol. The first kappa shape index (κ1) is 10.1. The summed E-state index contributed by atoms with van der Waals surface area (Å²) < 4.78 is 31.0. The highest BCUT2D eigenvalue weighted by Crippen LogP contribution is 2.21. The monoisotopic (exact) mass is 187 g/mol. The zero-order valence-electron chi connectivity index (χ0n) is 7.26. The Hall–Kier alpha value is -1.00. The lowest BCUT2D eigenvalue weighted by Gasteiger charge is -2.14. The summed E-state index contributed by atoms with van der Waals surface area (Å²) in [7, 11) is 1.36. The van der Waals surface area contributed by atoms with Gasteiger partial charge in [-0.2, -0.15) is 0 Å². The maximum Gasteiger partial charge on any atom is 0.132 e. The van der Waals surface area contributed by atoms with Crippen molar-refractivity contribution >= 4 is 0 Å². The van der Waals surface area contributed by atoms with Gasteiger partial charge in [-0.1, -0.05) is 6.07 Å². The standard InChI is InChI=1S/C9H11F2NO/c1-13-8(5-12)9-6(10)3-2-4-7(9)11/h2-4,8H,5,12H2,1H3. The molecule has 2 nitrogen and oxygen atoms in total. The van der Waals surface area contributed by atoms with Gasteiger partial charge in [-0.05, 0) is 12.1 Å². The number of hydrogen-bond acceptors (Lipinski definition) is 2. The van der Waals surface area contributed by atoms with Crippen LogP contribution in [-0.4, -0.2) is 13.7 Å². The molecule has 1 aromatic carbocycles. The Kier molecular flexibility index (Phi) is 3.33. The van der Waals surface area contributed by atoms with Crippen molar-refractivity contribution in [2.75, 3.05) is 13.7 Å². The molecule has 1 unspecified atom stereocenters. The molecule has 0 bridgehead atoms. The lowest BCUT2D eigenvalue weighted by molar-refractivity contribution is 0.104. The molecule has 1 atom stereocenters. The molecular formula is C9H11F2NO. The predicted octanol–water partition coefficient (Wildman–Crippen LogP) is 1.61. The summed E-state index contributed by atoms with van der Waals surface area (Å²) in [5, 5.41) is 0. The minimum Gasteiger partial charge on any atom is -0.375 e. The largest absolute Gasteiger partial charge is 0.375 e. The van der Waals surface area contributed by atoms with Gasteiger partial charge in [-0.3, -0.25) is 0 Å². The van der Waals surface area contributed by atoms with Crippen molar-refractivity contribution < 1.29 is 13.5 Å². The summed E-state index contributed by atoms with van der Waals surface area (Å²) in [6, 6.07) is 3.66. The summed E-state index contributed by atoms with van der Waals surface area (Å²) in [4.78, 5) is 0. The van der Waals surface area contributed by atoms with Crippen molar-refractivity contribution in [2.45, 2.75) is 6.10 Å². The van der Waals surface area contributed by atoms with E-state index in [1.54, 1.807) is 0 Å². The van der Waals surface area contributed by atoms with E-state index < -0.39 is 17.7 Å². The van der Waals surface area contributed by atoms with E-state index >= 15 is 0 Å². The van der Waals surface area contributed by atoms with Gasteiger partial charge in [0.15, 0.2) is 0 Å². The van der Waals surface area contributed by atoms with Gasteiger partial charge in [-0.25, -0.2) is 8.78 Å². The Labute approximate surface area is 75.3 Å². The summed E-state index contributed by atoms with van der Waals surface area (Å²) in [5.74, 6) is -1.25. The van der Waals surface area contributed by atoms with Crippen molar-refractivity contribution in [1.82, 2.24) is 0 Å². The van der Waals surface area contributed by atoms with Gasteiger partial charge >= 0.3 is 0 Å². The molecule has 0 aliphatic rings. The molecule has 0 radical (unpaired) electrons. The van der Waals surface area contributed by atoms with Gasteiger partial charge in [0, 0.05) is 13.7 Å². The Bertz CT molecular complexity index is 267. The SMILES string of the molecule is COC(CN)c1c(F)cccc1F. The van der Waals surface area contributed by atoms with Crippen LogP contribution in [0.2, 0.25) is 0 Å². The fourth-order valence-corrected chi connectivity index (χ4v) is 1.15. The normalized spacial score (nSPS) is 12.9. The Morgan fingerprint density at radius 3 is 2.31 bits per heavy atom. The van der Waals surface area contributed by atoms with Gasteiger partial charge in [0.05, 0.1) is 11.7 Å². The van der Waals surface area contributed by atoms with E-state index in [0.717, 1.165) is 0 Å². The van der Waals surface area contributed by atoms with E-state index in [4.69, 9.17) is 10.5 Å². The fourth-order valence-electron chi connectivity index (χ4n) is 1.15. The number of hydrogen-bond donors (Lipinski definition) is 1. The topological polar surface area (TPSA) is 35.2 Å². The van der Waals surface area contributed by atoms with E-state index in [-0.39, 0.29) is 12.1 Å². The van der Waals surface area contributed by atoms with E-state index in [9.17, 15) is 8.78 Å². The highest BCUT2D eigenvalue weighted by atomic mass is 19.1. The molecule has 0 spiro atoms. The first-order chi connectivity index (χ1) is 6.20. The second-order valence-electron chi connectivity index (χ2n) is 2.60. The van der Waals surface area contributed by atoms with E-state index in [2.05, 4.69) is 0 Å². The Balaban J connectivity index is 3.10. The summed E-state index contributed by atoms with van der Waals surface area (Å²) in [6.07, 6.45) is -0.721. The summed E-state index contributed by atoms with van der Waals surface area (Å²) in [6.45, 7) is 0.0500. The van der Waals surface area contributed by atoms with Crippen LogP contribution in [0, 0.1) is 11.6 Å². The first-order valence-corrected chi connectivity index (χ1v) is 3.87. The van der Waals surface area contributed by atoms with E-state index in [0.29, 0.717) is 0 Å². The molecule has 0 fully saturated rings. The van der Waals surface area contributed by atoms with Crippen molar-refractivity contribution in [3.8, 4) is 0 Å². The number of halogens is 2. The van der Waals surface area contributed by atoms with E-state index in [1.165, 1.54) is 25.3 Å². The van der Waals surface area contributed by atoms with Crippen LogP contribution in [0.5, 0.6) is 0 Å². The highest BCUT2D eigenvalue weighted by Gasteiger charge is 2.17. The zero-order chi connectivity index (χ0) is 9.84. The molecule has 0 aliphatic carbocycles. The van der Waals surface area contributed by atoms with Crippen molar-refractivity contribution in [1.29, 1.82) is 0 Å². The molecule has 13 heavy (non-hydrogen) atoms. The van der Waals surface area contributed by atoms with E-state index in [1.807, 2.05) is 0 Å². The predicted molar refractivity (Wildman–Crippen MR) is 45.2 cm³/mol. The third kappa shape index (κ3) is 2.02. The molecule has 1 rings (SSSR count). The van der Waals surface area contributed by atoms with Gasteiger partial charge in [-0.15, -0.1) is 0 Å². The Morgan fingerprint density at radius 1 is 1.38 bits per heavy atom. The minimum absolute atomic E-state index is 0.0500. The van der Waals surface area contributed by atoms with Gasteiger partial charge < -0.3 is 10.5 Å². The Morgan fingerprint density at radius 2 is 1.92 bits per heavy atom. The fraction of sp³-hybridized carbons (Fsp3) is 0.333. The van der Waals surface area contributed by atoms with Crippen LogP contribution >= 0.6 is 0 Å². The summed E-state index contributed by atoms with van der Waals surface area (Å²) in [5.41, 5.74) is 5.19. The molecule has 0 aliphatic heterocycles. The smallest absolute Gasteiger partial charge is 0.132 e. The van der Waals surface area contributed by atoms with Crippen molar-refractivity contribution in [2.24, 2.45) is 5.73 Å². The third-order valence-electron chi connectivity index (χ3n) is 1.82. The molecule has 0 heterocycles. The van der Waals surface area contributed by atoms with Crippen LogP contribution in [0.25, 0.3) is 0 Å². The molecule has 1 aromatic rings. The van der Waals surface area contributed by atoms with Crippen LogP contribution in [0.3, 0.4) is 0 Å². The minimum atomic E-state index is -0.721.